The van der Waals surface area contributed by atoms with Crippen LogP contribution in [0.3, 0.4) is 0 Å². The van der Waals surface area contributed by atoms with E-state index in [9.17, 15) is 4.79 Å². The number of carbonyl (C=O) groups is 1. The van der Waals surface area contributed by atoms with E-state index in [-0.39, 0.29) is 5.91 Å². The number of anilines is 1. The zero-order valence-corrected chi connectivity index (χ0v) is 12.9. The standard InChI is InChI=1S/C15H16BrN3O/c1-11(20)18-6-8-19(9-7-18)15-4-5-17-14-3-2-12(16)10-13(14)15/h2-5,10H,6-9H2,1H3. The van der Waals surface area contributed by atoms with Gasteiger partial charge in [-0.2, -0.15) is 0 Å². The fraction of sp³-hybridized carbons (Fsp3) is 0.333. The molecule has 20 heavy (non-hydrogen) atoms. The summed E-state index contributed by atoms with van der Waals surface area (Å²) in [6, 6.07) is 8.19. The molecule has 1 aliphatic rings. The minimum absolute atomic E-state index is 0.159. The average molecular weight is 334 g/mol. The summed E-state index contributed by atoms with van der Waals surface area (Å²) < 4.78 is 1.06. The van der Waals surface area contributed by atoms with Crippen molar-refractivity contribution in [1.29, 1.82) is 0 Å². The molecule has 1 amide bonds. The lowest BCUT2D eigenvalue weighted by atomic mass is 10.1. The molecule has 1 aromatic carbocycles. The number of fused-ring (bicyclic) bond motifs is 1. The van der Waals surface area contributed by atoms with Crippen molar-refractivity contribution >= 4 is 38.4 Å². The van der Waals surface area contributed by atoms with E-state index in [1.54, 1.807) is 6.92 Å². The van der Waals surface area contributed by atoms with Gasteiger partial charge in [-0.1, -0.05) is 15.9 Å². The van der Waals surface area contributed by atoms with Gasteiger partial charge in [-0.05, 0) is 24.3 Å². The Balaban J connectivity index is 1.91. The second kappa shape index (κ2) is 5.40. The molecule has 1 aliphatic heterocycles. The molecule has 0 N–H and O–H groups in total. The summed E-state index contributed by atoms with van der Waals surface area (Å²) in [7, 11) is 0. The number of halogens is 1. The highest BCUT2D eigenvalue weighted by atomic mass is 79.9. The van der Waals surface area contributed by atoms with Crippen molar-refractivity contribution in [2.24, 2.45) is 0 Å². The van der Waals surface area contributed by atoms with Crippen LogP contribution < -0.4 is 4.90 Å². The first-order chi connectivity index (χ1) is 9.65. The predicted molar refractivity (Wildman–Crippen MR) is 83.9 cm³/mol. The van der Waals surface area contributed by atoms with Crippen molar-refractivity contribution < 1.29 is 4.79 Å². The second-order valence-electron chi connectivity index (χ2n) is 4.98. The monoisotopic (exact) mass is 333 g/mol. The molecule has 104 valence electrons. The van der Waals surface area contributed by atoms with Crippen molar-refractivity contribution in [3.63, 3.8) is 0 Å². The number of nitrogens with zero attached hydrogens (tertiary/aromatic N) is 3. The number of aromatic nitrogens is 1. The molecule has 2 heterocycles. The second-order valence-corrected chi connectivity index (χ2v) is 5.90. The smallest absolute Gasteiger partial charge is 0.219 e. The molecular weight excluding hydrogens is 318 g/mol. The first-order valence-electron chi connectivity index (χ1n) is 6.70. The van der Waals surface area contributed by atoms with E-state index >= 15 is 0 Å². The van der Waals surface area contributed by atoms with Crippen LogP contribution in [0.15, 0.2) is 34.9 Å². The molecule has 1 fully saturated rings. The SMILES string of the molecule is CC(=O)N1CCN(c2ccnc3ccc(Br)cc23)CC1. The van der Waals surface area contributed by atoms with Crippen LogP contribution in [0, 0.1) is 0 Å². The largest absolute Gasteiger partial charge is 0.367 e. The highest BCUT2D eigenvalue weighted by Gasteiger charge is 2.20. The van der Waals surface area contributed by atoms with Crippen LogP contribution in [0.1, 0.15) is 6.92 Å². The third-order valence-corrected chi connectivity index (χ3v) is 4.24. The van der Waals surface area contributed by atoms with Crippen molar-refractivity contribution in [2.45, 2.75) is 6.92 Å². The normalized spacial score (nSPS) is 15.7. The molecule has 0 aliphatic carbocycles. The number of rotatable bonds is 1. The van der Waals surface area contributed by atoms with Gasteiger partial charge in [0.1, 0.15) is 0 Å². The van der Waals surface area contributed by atoms with Crippen molar-refractivity contribution in [3.8, 4) is 0 Å². The Hall–Kier alpha value is -1.62. The third kappa shape index (κ3) is 2.50. The van der Waals surface area contributed by atoms with Crippen LogP contribution in [0.25, 0.3) is 10.9 Å². The van der Waals surface area contributed by atoms with Crippen LogP contribution in [0.2, 0.25) is 0 Å². The zero-order valence-electron chi connectivity index (χ0n) is 11.3. The molecule has 0 bridgehead atoms. The minimum Gasteiger partial charge on any atom is -0.367 e. The summed E-state index contributed by atoms with van der Waals surface area (Å²) in [5, 5.41) is 1.15. The van der Waals surface area contributed by atoms with E-state index in [1.165, 1.54) is 5.69 Å². The van der Waals surface area contributed by atoms with E-state index in [0.717, 1.165) is 41.6 Å². The van der Waals surface area contributed by atoms with Crippen molar-refractivity contribution in [2.75, 3.05) is 31.1 Å². The van der Waals surface area contributed by atoms with E-state index in [4.69, 9.17) is 0 Å². The first-order valence-corrected chi connectivity index (χ1v) is 7.49. The summed E-state index contributed by atoms with van der Waals surface area (Å²) >= 11 is 3.52. The van der Waals surface area contributed by atoms with Crippen molar-refractivity contribution in [1.82, 2.24) is 9.88 Å². The Morgan fingerprint density at radius 2 is 1.95 bits per heavy atom. The Kier molecular flexibility index (Phi) is 3.61. The van der Waals surface area contributed by atoms with Crippen LogP contribution in [-0.2, 0) is 4.79 Å². The van der Waals surface area contributed by atoms with Crippen LogP contribution in [-0.4, -0.2) is 42.0 Å². The topological polar surface area (TPSA) is 36.4 Å². The van der Waals surface area contributed by atoms with Gasteiger partial charge in [0.25, 0.3) is 0 Å². The van der Waals surface area contributed by atoms with Gasteiger partial charge >= 0.3 is 0 Å². The summed E-state index contributed by atoms with van der Waals surface area (Å²) in [5.41, 5.74) is 2.19. The Morgan fingerprint density at radius 1 is 1.20 bits per heavy atom. The van der Waals surface area contributed by atoms with E-state index in [1.807, 2.05) is 23.2 Å². The zero-order chi connectivity index (χ0) is 14.1. The lowest BCUT2D eigenvalue weighted by molar-refractivity contribution is -0.129. The Bertz CT molecular complexity index is 651. The molecule has 3 rings (SSSR count). The van der Waals surface area contributed by atoms with Gasteiger partial charge in [0.2, 0.25) is 5.91 Å². The molecule has 5 heteroatoms. The molecule has 0 spiro atoms. The molecule has 1 saturated heterocycles. The molecule has 0 radical (unpaired) electrons. The lowest BCUT2D eigenvalue weighted by Gasteiger charge is -2.36. The van der Waals surface area contributed by atoms with Crippen LogP contribution in [0.5, 0.6) is 0 Å². The molecule has 4 nitrogen and oxygen atoms in total. The molecule has 1 aromatic heterocycles. The molecule has 0 unspecified atom stereocenters. The fourth-order valence-electron chi connectivity index (χ4n) is 2.64. The highest BCUT2D eigenvalue weighted by Crippen LogP contribution is 2.28. The van der Waals surface area contributed by atoms with Gasteiger partial charge in [0.05, 0.1) is 5.52 Å². The van der Waals surface area contributed by atoms with Gasteiger partial charge in [-0.25, -0.2) is 0 Å². The molecule has 0 saturated carbocycles. The number of pyridine rings is 1. The number of carbonyl (C=O) groups excluding carboxylic acids is 1. The number of amides is 1. The molecular formula is C15H16BrN3O. The Morgan fingerprint density at radius 3 is 2.65 bits per heavy atom. The number of hydrogen-bond acceptors (Lipinski definition) is 3. The lowest BCUT2D eigenvalue weighted by Crippen LogP contribution is -2.48. The van der Waals surface area contributed by atoms with Gasteiger partial charge < -0.3 is 9.80 Å². The maximum absolute atomic E-state index is 11.4. The predicted octanol–water partition coefficient (Wildman–Crippen LogP) is 2.67. The number of benzene rings is 1. The summed E-state index contributed by atoms with van der Waals surface area (Å²) in [4.78, 5) is 20.0. The molecule has 0 atom stereocenters. The van der Waals surface area contributed by atoms with Crippen LogP contribution in [0.4, 0.5) is 5.69 Å². The fourth-order valence-corrected chi connectivity index (χ4v) is 3.00. The third-order valence-electron chi connectivity index (χ3n) is 3.75. The van der Waals surface area contributed by atoms with Gasteiger partial charge in [0.15, 0.2) is 0 Å². The maximum Gasteiger partial charge on any atom is 0.219 e. The van der Waals surface area contributed by atoms with E-state index in [0.29, 0.717) is 0 Å². The quantitative estimate of drug-likeness (QED) is 0.805. The minimum atomic E-state index is 0.159. The maximum atomic E-state index is 11.4. The average Bonchev–Trinajstić information content (AvgIpc) is 2.46. The highest BCUT2D eigenvalue weighted by molar-refractivity contribution is 9.10. The number of piperazine rings is 1. The van der Waals surface area contributed by atoms with Crippen molar-refractivity contribution in [3.05, 3.63) is 34.9 Å². The van der Waals surface area contributed by atoms with Gasteiger partial charge in [-0.3, -0.25) is 9.78 Å². The summed E-state index contributed by atoms with van der Waals surface area (Å²) in [6.07, 6.45) is 1.85. The van der Waals surface area contributed by atoms with Gasteiger partial charge in [-0.15, -0.1) is 0 Å². The summed E-state index contributed by atoms with van der Waals surface area (Å²) in [6.45, 7) is 4.94. The summed E-state index contributed by atoms with van der Waals surface area (Å²) in [5.74, 6) is 0.159. The van der Waals surface area contributed by atoms with E-state index in [2.05, 4.69) is 37.9 Å². The van der Waals surface area contributed by atoms with E-state index < -0.39 is 0 Å². The van der Waals surface area contributed by atoms with Crippen LogP contribution >= 0.6 is 15.9 Å². The number of hydrogen-bond donors (Lipinski definition) is 0. The first kappa shape index (κ1) is 13.4. The molecule has 2 aromatic rings. The van der Waals surface area contributed by atoms with Gasteiger partial charge in [0, 0.05) is 54.8 Å². The Labute approximate surface area is 126 Å².